The van der Waals surface area contributed by atoms with Gasteiger partial charge in [-0.1, -0.05) is 36.4 Å². The highest BCUT2D eigenvalue weighted by Gasteiger charge is 2.31. The summed E-state index contributed by atoms with van der Waals surface area (Å²) in [5.41, 5.74) is -1.56. The van der Waals surface area contributed by atoms with Crippen molar-refractivity contribution in [3.05, 3.63) is 77.1 Å². The van der Waals surface area contributed by atoms with Crippen LogP contribution in [0.5, 0.6) is 5.75 Å². The quantitative estimate of drug-likeness (QED) is 0.276. The molecule has 0 aromatic heterocycles. The average molecular weight is 476 g/mol. The van der Waals surface area contributed by atoms with Gasteiger partial charge in [0, 0.05) is 17.2 Å². The van der Waals surface area contributed by atoms with Crippen LogP contribution in [0.1, 0.15) is 61.2 Å². The molecule has 0 aliphatic rings. The van der Waals surface area contributed by atoms with E-state index in [4.69, 9.17) is 4.74 Å². The van der Waals surface area contributed by atoms with Crippen molar-refractivity contribution in [1.29, 1.82) is 0 Å². The number of alkyl halides is 3. The summed E-state index contributed by atoms with van der Waals surface area (Å²) in [5.74, 6) is -2.08. The fraction of sp³-hybridized carbons (Fsp3) is 0.308. The first-order valence-electron chi connectivity index (χ1n) is 10.6. The van der Waals surface area contributed by atoms with Gasteiger partial charge in [0.2, 0.25) is 0 Å². The van der Waals surface area contributed by atoms with E-state index in [1.54, 1.807) is 25.1 Å². The van der Waals surface area contributed by atoms with Crippen molar-refractivity contribution < 1.29 is 37.0 Å². The van der Waals surface area contributed by atoms with Crippen LogP contribution in [0.3, 0.4) is 0 Å². The van der Waals surface area contributed by atoms with Gasteiger partial charge in [-0.2, -0.15) is 13.2 Å². The second-order valence-corrected chi connectivity index (χ2v) is 8.77. The largest absolute Gasteiger partial charge is 0.485 e. The number of ketones is 1. The number of hydrogen-bond acceptors (Lipinski definition) is 3. The fourth-order valence-corrected chi connectivity index (χ4v) is 3.49. The van der Waals surface area contributed by atoms with Crippen LogP contribution in [0, 0.1) is 11.2 Å². The highest BCUT2D eigenvalue weighted by Crippen LogP contribution is 2.37. The van der Waals surface area contributed by atoms with Crippen molar-refractivity contribution in [3.63, 3.8) is 0 Å². The number of ether oxygens (including phenoxy) is 1. The third kappa shape index (κ3) is 5.38. The monoisotopic (exact) mass is 476 g/mol. The molecule has 0 radical (unpaired) electrons. The van der Waals surface area contributed by atoms with E-state index in [0.29, 0.717) is 10.9 Å². The molecule has 0 heterocycles. The number of rotatable bonds is 8. The van der Waals surface area contributed by atoms with E-state index < -0.39 is 40.8 Å². The van der Waals surface area contributed by atoms with Crippen LogP contribution < -0.4 is 4.74 Å². The van der Waals surface area contributed by atoms with Gasteiger partial charge >= 0.3 is 12.1 Å². The summed E-state index contributed by atoms with van der Waals surface area (Å²) in [6.07, 6.45) is -5.34. The highest BCUT2D eigenvalue weighted by atomic mass is 19.4. The predicted octanol–water partition coefficient (Wildman–Crippen LogP) is 7.21. The van der Waals surface area contributed by atoms with Crippen molar-refractivity contribution >= 4 is 22.5 Å². The van der Waals surface area contributed by atoms with Crippen LogP contribution in [0.2, 0.25) is 0 Å². The maximum Gasteiger partial charge on any atom is 0.416 e. The average Bonchev–Trinajstić information content (AvgIpc) is 2.78. The number of carboxylic acid groups (broad SMARTS) is 1. The van der Waals surface area contributed by atoms with Gasteiger partial charge in [0.1, 0.15) is 17.7 Å². The summed E-state index contributed by atoms with van der Waals surface area (Å²) < 4.78 is 59.5. The summed E-state index contributed by atoms with van der Waals surface area (Å²) in [5, 5.41) is 9.87. The van der Waals surface area contributed by atoms with Gasteiger partial charge < -0.3 is 9.84 Å². The first-order chi connectivity index (χ1) is 15.8. The third-order valence-corrected chi connectivity index (χ3v) is 5.80. The summed E-state index contributed by atoms with van der Waals surface area (Å²) in [6, 6.07) is 11.9. The van der Waals surface area contributed by atoms with Crippen LogP contribution in [-0.2, 0) is 11.0 Å². The number of Topliss-reactive ketones (excluding diaryl/α,β-unsaturated/α-hetero) is 1. The first kappa shape index (κ1) is 25.2. The minimum absolute atomic E-state index is 0.0313. The van der Waals surface area contributed by atoms with Crippen molar-refractivity contribution in [2.45, 2.75) is 45.9 Å². The molecule has 0 amide bonds. The zero-order chi connectivity index (χ0) is 25.3. The van der Waals surface area contributed by atoms with Gasteiger partial charge in [0.15, 0.2) is 5.78 Å². The molecule has 3 rings (SSSR count). The van der Waals surface area contributed by atoms with Gasteiger partial charge in [0.25, 0.3) is 0 Å². The Morgan fingerprint density at radius 3 is 2.15 bits per heavy atom. The Bertz CT molecular complexity index is 1210. The Morgan fingerprint density at radius 2 is 1.59 bits per heavy atom. The number of fused-ring (bicyclic) bond motifs is 1. The zero-order valence-corrected chi connectivity index (χ0v) is 18.9. The number of benzene rings is 3. The molecule has 34 heavy (non-hydrogen) atoms. The predicted molar refractivity (Wildman–Crippen MR) is 119 cm³/mol. The Morgan fingerprint density at radius 1 is 1.00 bits per heavy atom. The molecule has 3 aromatic carbocycles. The lowest BCUT2D eigenvalue weighted by atomic mass is 9.86. The van der Waals surface area contributed by atoms with Gasteiger partial charge in [-0.05, 0) is 51.0 Å². The second kappa shape index (κ2) is 9.44. The molecule has 1 unspecified atom stereocenters. The number of hydrogen-bond donors (Lipinski definition) is 1. The topological polar surface area (TPSA) is 63.6 Å². The number of carbonyl (C=O) groups is 2. The second-order valence-electron chi connectivity index (χ2n) is 8.77. The van der Waals surface area contributed by atoms with E-state index in [1.165, 1.54) is 32.0 Å². The molecule has 4 nitrogen and oxygen atoms in total. The molecular weight excluding hydrogens is 452 g/mol. The normalized spacial score (nSPS) is 13.0. The molecule has 0 aliphatic carbocycles. The van der Waals surface area contributed by atoms with E-state index in [0.717, 1.165) is 18.2 Å². The van der Waals surface area contributed by atoms with Crippen molar-refractivity contribution in [2.75, 3.05) is 0 Å². The summed E-state index contributed by atoms with van der Waals surface area (Å²) in [4.78, 5) is 24.4. The van der Waals surface area contributed by atoms with Crippen LogP contribution >= 0.6 is 0 Å². The first-order valence-corrected chi connectivity index (χ1v) is 10.6. The molecular formula is C26H24F4O4. The number of aliphatic carboxylic acids is 1. The number of carbonyl (C=O) groups excluding carboxylic acids is 1. The Balaban J connectivity index is 1.99. The zero-order valence-electron chi connectivity index (χ0n) is 18.9. The third-order valence-electron chi connectivity index (χ3n) is 5.80. The van der Waals surface area contributed by atoms with E-state index in [-0.39, 0.29) is 29.5 Å². The van der Waals surface area contributed by atoms with Crippen molar-refractivity contribution in [3.8, 4) is 5.75 Å². The van der Waals surface area contributed by atoms with Crippen molar-refractivity contribution in [1.82, 2.24) is 0 Å². The van der Waals surface area contributed by atoms with Gasteiger partial charge in [-0.15, -0.1) is 0 Å². The Labute approximate surface area is 194 Å². The van der Waals surface area contributed by atoms with Crippen LogP contribution in [0.15, 0.2) is 54.6 Å². The molecule has 0 saturated heterocycles. The highest BCUT2D eigenvalue weighted by molar-refractivity contribution is 6.05. The number of halogens is 4. The summed E-state index contributed by atoms with van der Waals surface area (Å²) in [6.45, 7) is 4.60. The standard InChI is InChI=1S/C26H24F4O4/c1-15(16-8-10-17(11-9-16)26(28,29)30)34-23-19-7-5-4-6-18(19)21(27)14-20(23)22(31)12-13-25(2,3)24(32)33/h4-11,14-15H,12-13H2,1-3H3,(H,32,33). The van der Waals surface area contributed by atoms with Gasteiger partial charge in [0.05, 0.1) is 16.5 Å². The van der Waals surface area contributed by atoms with Gasteiger partial charge in [-0.25, -0.2) is 4.39 Å². The maximum absolute atomic E-state index is 14.8. The maximum atomic E-state index is 14.8. The molecule has 0 spiro atoms. The van der Waals surface area contributed by atoms with Crippen LogP contribution in [0.4, 0.5) is 17.6 Å². The Kier molecular flexibility index (Phi) is 7.00. The van der Waals surface area contributed by atoms with E-state index in [1.807, 2.05) is 0 Å². The Hall–Kier alpha value is -3.42. The van der Waals surface area contributed by atoms with Gasteiger partial charge in [-0.3, -0.25) is 9.59 Å². The number of carboxylic acids is 1. The smallest absolute Gasteiger partial charge is 0.416 e. The SMILES string of the molecule is CC(Oc1c(C(=O)CCC(C)(C)C(=O)O)cc(F)c2ccccc12)c1ccc(C(F)(F)F)cc1. The minimum atomic E-state index is -4.47. The molecule has 0 bridgehead atoms. The van der Waals surface area contributed by atoms with E-state index in [9.17, 15) is 32.3 Å². The molecule has 0 aliphatic heterocycles. The lowest BCUT2D eigenvalue weighted by Gasteiger charge is -2.21. The molecule has 8 heteroatoms. The van der Waals surface area contributed by atoms with E-state index >= 15 is 0 Å². The molecule has 3 aromatic rings. The molecule has 0 fully saturated rings. The fourth-order valence-electron chi connectivity index (χ4n) is 3.49. The molecule has 1 atom stereocenters. The molecule has 0 saturated carbocycles. The minimum Gasteiger partial charge on any atom is -0.485 e. The van der Waals surface area contributed by atoms with Crippen LogP contribution in [0.25, 0.3) is 10.8 Å². The summed E-state index contributed by atoms with van der Waals surface area (Å²) >= 11 is 0. The van der Waals surface area contributed by atoms with Crippen molar-refractivity contribution in [2.24, 2.45) is 5.41 Å². The van der Waals surface area contributed by atoms with E-state index in [2.05, 4.69) is 0 Å². The summed E-state index contributed by atoms with van der Waals surface area (Å²) in [7, 11) is 0. The molecule has 180 valence electrons. The molecule has 1 N–H and O–H groups in total. The lowest BCUT2D eigenvalue weighted by Crippen LogP contribution is -2.24. The lowest BCUT2D eigenvalue weighted by molar-refractivity contribution is -0.147. The van der Waals surface area contributed by atoms with Crippen LogP contribution in [-0.4, -0.2) is 16.9 Å².